The Balaban J connectivity index is 0.000000115. The molecule has 16 aromatic rings. The summed E-state index contributed by atoms with van der Waals surface area (Å²) < 4.78 is 58.1. The van der Waals surface area contributed by atoms with Gasteiger partial charge in [0.1, 0.15) is 23.3 Å². The van der Waals surface area contributed by atoms with Crippen molar-refractivity contribution in [2.45, 2.75) is 229 Å². The van der Waals surface area contributed by atoms with E-state index in [1.807, 2.05) is 109 Å². The van der Waals surface area contributed by atoms with Gasteiger partial charge in [-0.15, -0.1) is 11.3 Å². The number of carbonyl (C=O) groups is 3. The van der Waals surface area contributed by atoms with Crippen molar-refractivity contribution < 1.29 is 31.9 Å². The molecule has 11 aromatic carbocycles. The van der Waals surface area contributed by atoms with Crippen LogP contribution < -0.4 is 21.7 Å². The lowest BCUT2D eigenvalue weighted by Crippen LogP contribution is -2.52. The van der Waals surface area contributed by atoms with Crippen LogP contribution in [-0.4, -0.2) is 138 Å². The smallest absolute Gasteiger partial charge is 0.261 e. The number of fused-ring (bicyclic) bond motifs is 17. The molecule has 5 heterocycles. The second-order valence-corrected chi connectivity index (χ2v) is 45.6. The molecule has 0 bridgehead atoms. The van der Waals surface area contributed by atoms with Crippen LogP contribution in [0.2, 0.25) is 0 Å². The zero-order chi connectivity index (χ0) is 101. The minimum Gasteiger partial charge on any atom is -0.358 e. The summed E-state index contributed by atoms with van der Waals surface area (Å²) in [5.41, 5.74) is 27.6. The molecule has 0 saturated heterocycles. The zero-order valence-corrected chi connectivity index (χ0v) is 86.1. The summed E-state index contributed by atoms with van der Waals surface area (Å²) >= 11 is 1.56. The minimum atomic E-state index is -0.215. The van der Waals surface area contributed by atoms with Gasteiger partial charge in [0.2, 0.25) is 11.8 Å². The normalized spacial score (nSPS) is 25.7. The molecule has 5 aromatic heterocycles. The lowest BCUT2D eigenvalue weighted by molar-refractivity contribution is -0.121. The quantitative estimate of drug-likeness (QED) is 0.0346. The number of para-hydroxylation sites is 4. The van der Waals surface area contributed by atoms with Crippen LogP contribution in [0.15, 0.2) is 291 Å². The van der Waals surface area contributed by atoms with Crippen LogP contribution >= 0.6 is 11.3 Å². The molecule has 8 aliphatic rings. The predicted molar refractivity (Wildman–Crippen MR) is 585 cm³/mol. The van der Waals surface area contributed by atoms with Crippen molar-refractivity contribution in [3.05, 3.63) is 398 Å². The van der Waals surface area contributed by atoms with E-state index in [9.17, 15) is 31.9 Å². The fourth-order valence-corrected chi connectivity index (χ4v) is 29.2. The Labute approximate surface area is 859 Å². The maximum Gasteiger partial charge on any atom is 0.261 e. The summed E-state index contributed by atoms with van der Waals surface area (Å²) in [6, 6.07) is 93.2. The molecule has 0 aliphatic heterocycles. The van der Waals surface area contributed by atoms with E-state index in [0.29, 0.717) is 6.42 Å². The number of aromatic nitrogens is 4. The second-order valence-electron chi connectivity index (χ2n) is 44.6. The van der Waals surface area contributed by atoms with E-state index in [-0.39, 0.29) is 109 Å². The number of hydrogen-bond acceptors (Lipinski definition) is 9. The van der Waals surface area contributed by atoms with Gasteiger partial charge in [0.25, 0.3) is 5.91 Å². The summed E-state index contributed by atoms with van der Waals surface area (Å²) in [5.74, 6) is -0.655. The standard InChI is InChI=1S/C34H34FN3OS.C34H36FN3O.C33H36FN3O.C25H30FN3/c1-38(2)34(23-9-7-10-24(35)19-23)16-14-33(15-17-34)21-25(20-27-26-11-4-5-12-28(26)37-31(27)33)36-32(39)30-18-22-8-3-6-13-29(22)40-30;1-38(2)34(25-11-8-12-26(35)21-25)19-17-33(18-20-34)23-27(36-31(39)16-15-24-9-4-3-5-10-24)22-29-28-13-6-7-14-30(28)37-32(29)33;1-37(2)33(24-11-8-12-25(34)20-24)17-15-32(16-18-33)22-26(35-30(38)19-23-9-4-3-5-10-23)21-28-27-13-6-7-14-29(27)36-31(28)32;1-29(2)25(17-6-5-7-18(26)14-17)12-10-24(11-13-25)16-19(27)15-21-20-8-3-4-9-22(20)28-23(21)24/h3-13,18-19,25,37H,14-17,20-21H2,1-2H3,(H,36,39);3-16,21,27,37H,17-20,22-23H2,1-2H3,(H,36,39);3-14,20,26,36H,15-19,21-22H2,1-2H3,(H,35,38);3-9,14,19,28H,10-13,15-16,27H2,1-2H3/b;16-15+;;. The summed E-state index contributed by atoms with van der Waals surface area (Å²) in [6.45, 7) is 0. The average Bonchev–Trinajstić information content (AvgIpc) is 1.53. The first-order chi connectivity index (χ1) is 70.6. The van der Waals surface area contributed by atoms with Crippen molar-refractivity contribution in [3.8, 4) is 0 Å². The van der Waals surface area contributed by atoms with Gasteiger partial charge in [-0.05, 0) is 363 Å². The number of nitrogens with zero attached hydrogens (tertiary/aromatic N) is 4. The van der Waals surface area contributed by atoms with Gasteiger partial charge in [0, 0.05) is 145 Å². The van der Waals surface area contributed by atoms with Crippen LogP contribution in [0.3, 0.4) is 0 Å². The zero-order valence-electron chi connectivity index (χ0n) is 85.3. The maximum absolute atomic E-state index is 14.3. The van der Waals surface area contributed by atoms with Gasteiger partial charge < -0.3 is 41.6 Å². The monoisotopic (exact) mass is 1970 g/mol. The van der Waals surface area contributed by atoms with Gasteiger partial charge in [-0.3, -0.25) is 34.0 Å². The van der Waals surface area contributed by atoms with Gasteiger partial charge in [-0.25, -0.2) is 17.6 Å². The summed E-state index contributed by atoms with van der Waals surface area (Å²) in [7, 11) is 16.9. The molecule has 20 heteroatoms. The van der Waals surface area contributed by atoms with E-state index >= 15 is 0 Å². The average molecular weight is 1970 g/mol. The van der Waals surface area contributed by atoms with Crippen LogP contribution in [0.4, 0.5) is 17.6 Å². The van der Waals surface area contributed by atoms with E-state index in [1.54, 1.807) is 41.7 Å². The fourth-order valence-electron chi connectivity index (χ4n) is 28.2. The van der Waals surface area contributed by atoms with Crippen LogP contribution in [0.5, 0.6) is 0 Å². The van der Waals surface area contributed by atoms with E-state index < -0.39 is 0 Å². The SMILES string of the molecule is CN(C)C1(c2cccc(F)c2)CCC2(CC1)CC(N)Cc1c2[nH]c2ccccc12.CN(C)C1(c2cccc(F)c2)CCC2(CC1)CC(NC(=O)/C=C/c1ccccc1)Cc1c2[nH]c2ccccc12.CN(C)C1(c2cccc(F)c2)CCC2(CC1)CC(NC(=O)Cc1ccccc1)Cc1c2[nH]c2ccccc12.CN(C)C1(c2cccc(F)c2)CCC2(CC1)CC(NC(=O)c1cc3ccccc3s1)Cc1c2[nH]c2ccccc12. The Morgan fingerprint density at radius 2 is 0.664 bits per heavy atom. The molecule has 24 rings (SSSR count). The number of amides is 3. The van der Waals surface area contributed by atoms with Gasteiger partial charge >= 0.3 is 0 Å². The molecule has 4 unspecified atom stereocenters. The van der Waals surface area contributed by atoms with E-state index in [4.69, 9.17) is 5.73 Å². The molecule has 8 aliphatic carbocycles. The molecule has 4 atom stereocenters. The molecule has 3 amide bonds. The second kappa shape index (κ2) is 40.5. The molecule has 146 heavy (non-hydrogen) atoms. The lowest BCUT2D eigenvalue weighted by atomic mass is 9.58. The predicted octanol–water partition coefficient (Wildman–Crippen LogP) is 25.4. The highest BCUT2D eigenvalue weighted by molar-refractivity contribution is 7.20. The van der Waals surface area contributed by atoms with Crippen LogP contribution in [0.1, 0.15) is 216 Å². The number of carbonyl (C=O) groups excluding carboxylic acids is 3. The number of hydrogen-bond donors (Lipinski definition) is 8. The first-order valence-corrected chi connectivity index (χ1v) is 53.5. The number of thiophene rings is 1. The van der Waals surface area contributed by atoms with Crippen LogP contribution in [0, 0.1) is 23.3 Å². The minimum absolute atomic E-state index is 0.0165. The number of nitrogens with two attached hydrogens (primary N) is 1. The molecule has 4 spiro atoms. The molecule has 752 valence electrons. The summed E-state index contributed by atoms with van der Waals surface area (Å²) in [4.78, 5) is 64.8. The van der Waals surface area contributed by atoms with Crippen LogP contribution in [0.25, 0.3) is 59.8 Å². The van der Waals surface area contributed by atoms with Gasteiger partial charge in [0.15, 0.2) is 0 Å². The van der Waals surface area contributed by atoms with Crippen molar-refractivity contribution >= 4 is 88.8 Å². The van der Waals surface area contributed by atoms with Crippen molar-refractivity contribution in [1.29, 1.82) is 0 Å². The molecular formula is C126H136F4N12O3S. The highest BCUT2D eigenvalue weighted by atomic mass is 32.1. The topological polar surface area (TPSA) is 189 Å². The third kappa shape index (κ3) is 18.9. The third-order valence-corrected chi connectivity index (χ3v) is 37.0. The number of benzene rings is 11. The first kappa shape index (κ1) is 99.2. The third-order valence-electron chi connectivity index (χ3n) is 35.9. The Morgan fingerprint density at radius 1 is 0.349 bits per heavy atom. The highest BCUT2D eigenvalue weighted by Gasteiger charge is 2.56. The number of aromatic amines is 4. The van der Waals surface area contributed by atoms with E-state index in [0.717, 1.165) is 213 Å². The molecular weight excluding hydrogens is 1840 g/mol. The van der Waals surface area contributed by atoms with Gasteiger partial charge in [0.05, 0.1) is 11.3 Å². The Bertz CT molecular complexity index is 7450. The van der Waals surface area contributed by atoms with Crippen molar-refractivity contribution in [1.82, 2.24) is 55.5 Å². The van der Waals surface area contributed by atoms with Gasteiger partial charge in [-0.2, -0.15) is 0 Å². The van der Waals surface area contributed by atoms with Gasteiger partial charge in [-0.1, -0.05) is 200 Å². The Hall–Kier alpha value is -12.8. The number of H-pyrrole nitrogens is 4. The van der Waals surface area contributed by atoms with E-state index in [2.05, 4.69) is 245 Å². The largest absolute Gasteiger partial charge is 0.358 e. The lowest BCUT2D eigenvalue weighted by Gasteiger charge is -2.52. The fraction of sp³-hybridized carbons (Fsp3) is 0.357. The molecule has 4 saturated carbocycles. The maximum atomic E-state index is 14.3. The Kier molecular flexibility index (Phi) is 27.5. The molecule has 15 nitrogen and oxygen atoms in total. The van der Waals surface area contributed by atoms with Crippen LogP contribution in [-0.2, 0) is 85.5 Å². The van der Waals surface area contributed by atoms with E-state index in [1.165, 1.54) is 102 Å². The van der Waals surface area contributed by atoms with Crippen molar-refractivity contribution in [3.63, 3.8) is 0 Å². The van der Waals surface area contributed by atoms with Crippen molar-refractivity contribution in [2.75, 3.05) is 56.4 Å². The number of rotatable bonds is 16. The molecule has 9 N–H and O–H groups in total. The Morgan fingerprint density at radius 3 is 1.02 bits per heavy atom. The summed E-state index contributed by atoms with van der Waals surface area (Å²) in [5, 5.41) is 16.4. The molecule has 4 fully saturated rings. The highest BCUT2D eigenvalue weighted by Crippen LogP contribution is 2.60. The van der Waals surface area contributed by atoms with Crippen molar-refractivity contribution in [2.24, 2.45) is 5.73 Å². The molecule has 0 radical (unpaired) electrons. The first-order valence-electron chi connectivity index (χ1n) is 52.6. The summed E-state index contributed by atoms with van der Waals surface area (Å²) in [6.07, 6.45) is 26.6. The number of halogens is 4. The number of nitrogens with one attached hydrogen (secondary N) is 7.